The topological polar surface area (TPSA) is 92.7 Å². The van der Waals surface area contributed by atoms with Crippen LogP contribution in [-0.4, -0.2) is 10.9 Å². The number of carbonyl (C=O) groups is 1. The lowest BCUT2D eigenvalue weighted by molar-refractivity contribution is -0.612. The predicted octanol–water partition coefficient (Wildman–Crippen LogP) is 1.38. The number of pyridine rings is 2. The van der Waals surface area contributed by atoms with E-state index in [9.17, 15) is 18.8 Å². The van der Waals surface area contributed by atoms with Crippen molar-refractivity contribution < 1.29 is 18.3 Å². The number of rotatable bonds is 4. The monoisotopic (exact) mass is 338 g/mol. The maximum Gasteiger partial charge on any atom is 0.322 e. The Hall–Kier alpha value is -2.79. The molecule has 2 aromatic heterocycles. The Balaban J connectivity index is 2.14. The fourth-order valence-electron chi connectivity index (χ4n) is 1.80. The van der Waals surface area contributed by atoms with E-state index in [1.807, 2.05) is 0 Å². The molecule has 1 N–H and O–H groups in total. The summed E-state index contributed by atoms with van der Waals surface area (Å²) in [6.45, 7) is -0.193. The Morgan fingerprint density at radius 2 is 2.22 bits per heavy atom. The van der Waals surface area contributed by atoms with E-state index in [0.717, 1.165) is 6.07 Å². The average molecular weight is 339 g/mol. The lowest BCUT2D eigenvalue weighted by Crippen LogP contribution is -2.39. The van der Waals surface area contributed by atoms with Gasteiger partial charge in [-0.05, 0) is 23.7 Å². The molecule has 0 unspecified atom stereocenters. The molecule has 0 bridgehead atoms. The first kappa shape index (κ1) is 16.6. The summed E-state index contributed by atoms with van der Waals surface area (Å²) in [6, 6.07) is 4.99. The van der Waals surface area contributed by atoms with Crippen molar-refractivity contribution >= 4 is 17.5 Å². The first-order valence-corrected chi connectivity index (χ1v) is 6.68. The Kier molecular flexibility index (Phi) is 5.03. The summed E-state index contributed by atoms with van der Waals surface area (Å²) in [5, 5.41) is 22.3. The van der Waals surface area contributed by atoms with Crippen molar-refractivity contribution in [2.75, 3.05) is 0 Å². The van der Waals surface area contributed by atoms with Crippen LogP contribution in [0.1, 0.15) is 17.0 Å². The van der Waals surface area contributed by atoms with Crippen molar-refractivity contribution in [2.45, 2.75) is 13.0 Å². The van der Waals surface area contributed by atoms with Crippen molar-refractivity contribution in [3.05, 3.63) is 63.3 Å². The fourth-order valence-corrected chi connectivity index (χ4v) is 1.96. The van der Waals surface area contributed by atoms with Gasteiger partial charge < -0.3 is 10.5 Å². The summed E-state index contributed by atoms with van der Waals surface area (Å²) in [7, 11) is 0. The van der Waals surface area contributed by atoms with Crippen LogP contribution < -0.4 is 10.0 Å². The van der Waals surface area contributed by atoms with E-state index in [0.29, 0.717) is 0 Å². The van der Waals surface area contributed by atoms with E-state index < -0.39 is 29.1 Å². The maximum absolute atomic E-state index is 13.4. The molecule has 0 saturated carbocycles. The zero-order valence-corrected chi connectivity index (χ0v) is 12.3. The van der Waals surface area contributed by atoms with Crippen molar-refractivity contribution in [3.8, 4) is 6.07 Å². The highest BCUT2D eigenvalue weighted by molar-refractivity contribution is 6.28. The van der Waals surface area contributed by atoms with Gasteiger partial charge in [0.25, 0.3) is 0 Å². The van der Waals surface area contributed by atoms with Crippen LogP contribution in [0.4, 0.5) is 8.78 Å². The predicted molar refractivity (Wildman–Crippen MR) is 74.8 cm³/mol. The molecule has 0 aromatic carbocycles. The van der Waals surface area contributed by atoms with E-state index in [1.165, 1.54) is 18.3 Å². The van der Waals surface area contributed by atoms with Crippen molar-refractivity contribution in [1.29, 1.82) is 5.26 Å². The molecule has 0 atom stereocenters. The number of hydrogen-bond donors (Lipinski definition) is 1. The van der Waals surface area contributed by atoms with Gasteiger partial charge in [-0.25, -0.2) is 4.39 Å². The molecule has 0 aliphatic heterocycles. The standard InChI is InChI=1S/C14H9ClF2N4O2/c15-14-10(17)4-8(6-18)12(21(14)23)5-13(22)20-7-11-9(16)2-1-3-19-11/h1-4H,5,7H2,(H,20,22). The average Bonchev–Trinajstić information content (AvgIpc) is 2.54. The molecule has 6 nitrogen and oxygen atoms in total. The Bertz CT molecular complexity index is 808. The molecule has 118 valence electrons. The van der Waals surface area contributed by atoms with E-state index in [2.05, 4.69) is 10.3 Å². The molecule has 9 heteroatoms. The first-order valence-electron chi connectivity index (χ1n) is 6.30. The lowest BCUT2D eigenvalue weighted by atomic mass is 10.1. The highest BCUT2D eigenvalue weighted by atomic mass is 35.5. The molecule has 0 spiro atoms. The summed E-state index contributed by atoms with van der Waals surface area (Å²) in [6.07, 6.45) is 0.852. The van der Waals surface area contributed by atoms with E-state index in [1.54, 1.807) is 6.07 Å². The number of amides is 1. The minimum atomic E-state index is -1.06. The molecular formula is C14H9ClF2N4O2. The molecular weight excluding hydrogens is 330 g/mol. The van der Waals surface area contributed by atoms with Gasteiger partial charge in [0.15, 0.2) is 0 Å². The van der Waals surface area contributed by atoms with Gasteiger partial charge in [0, 0.05) is 12.3 Å². The smallest absolute Gasteiger partial charge is 0.322 e. The van der Waals surface area contributed by atoms with Crippen molar-refractivity contribution in [2.24, 2.45) is 0 Å². The minimum Gasteiger partial charge on any atom is -0.617 e. The third-order valence-corrected chi connectivity index (χ3v) is 3.27. The second-order valence-corrected chi connectivity index (χ2v) is 4.79. The lowest BCUT2D eigenvalue weighted by Gasteiger charge is -2.09. The number of nitrogens with zero attached hydrogens (tertiary/aromatic N) is 3. The van der Waals surface area contributed by atoms with Crippen LogP contribution >= 0.6 is 11.6 Å². The zero-order valence-electron chi connectivity index (χ0n) is 11.5. The molecule has 0 aliphatic rings. The van der Waals surface area contributed by atoms with Crippen LogP contribution in [0, 0.1) is 28.2 Å². The third kappa shape index (κ3) is 3.70. The molecule has 0 fully saturated rings. The number of hydrogen-bond acceptors (Lipinski definition) is 4. The Morgan fingerprint density at radius 3 is 2.87 bits per heavy atom. The zero-order chi connectivity index (χ0) is 17.0. The Morgan fingerprint density at radius 1 is 1.48 bits per heavy atom. The summed E-state index contributed by atoms with van der Waals surface area (Å²) < 4.78 is 26.7. The molecule has 1 amide bonds. The number of nitriles is 1. The quantitative estimate of drug-likeness (QED) is 0.518. The van der Waals surface area contributed by atoms with Gasteiger partial charge in [-0.2, -0.15) is 14.4 Å². The van der Waals surface area contributed by atoms with Gasteiger partial charge in [-0.3, -0.25) is 9.78 Å². The normalized spacial score (nSPS) is 10.2. The molecule has 0 aliphatic carbocycles. The summed E-state index contributed by atoms with van der Waals surface area (Å²) in [5.41, 5.74) is -0.576. The summed E-state index contributed by atoms with van der Waals surface area (Å²) >= 11 is 5.46. The van der Waals surface area contributed by atoms with Crippen LogP contribution in [0.5, 0.6) is 0 Å². The van der Waals surface area contributed by atoms with Crippen LogP contribution in [-0.2, 0) is 17.8 Å². The summed E-state index contributed by atoms with van der Waals surface area (Å²) in [5.74, 6) is -2.31. The molecule has 2 aromatic rings. The number of nitrogens with one attached hydrogen (secondary N) is 1. The fraction of sp³-hybridized carbons (Fsp3) is 0.143. The highest BCUT2D eigenvalue weighted by Crippen LogP contribution is 2.14. The third-order valence-electron chi connectivity index (χ3n) is 2.94. The first-order chi connectivity index (χ1) is 10.9. The SMILES string of the molecule is N#Cc1cc(F)c(Cl)[n+]([O-])c1CC(=O)NCc1ncccc1F. The largest absolute Gasteiger partial charge is 0.617 e. The van der Waals surface area contributed by atoms with E-state index >= 15 is 0 Å². The van der Waals surface area contributed by atoms with Crippen molar-refractivity contribution in [1.82, 2.24) is 10.3 Å². The molecule has 23 heavy (non-hydrogen) atoms. The van der Waals surface area contributed by atoms with Crippen LogP contribution in [0.2, 0.25) is 5.15 Å². The van der Waals surface area contributed by atoms with Gasteiger partial charge in [0.05, 0.1) is 12.2 Å². The number of aromatic nitrogens is 2. The second kappa shape index (κ2) is 6.98. The molecule has 2 rings (SSSR count). The van der Waals surface area contributed by atoms with Gasteiger partial charge >= 0.3 is 5.15 Å². The van der Waals surface area contributed by atoms with Gasteiger partial charge in [-0.1, -0.05) is 0 Å². The van der Waals surface area contributed by atoms with Crippen LogP contribution in [0.15, 0.2) is 24.4 Å². The van der Waals surface area contributed by atoms with Crippen LogP contribution in [0.3, 0.4) is 0 Å². The van der Waals surface area contributed by atoms with E-state index in [-0.39, 0.29) is 28.2 Å². The second-order valence-electron chi connectivity index (χ2n) is 4.44. The van der Waals surface area contributed by atoms with Gasteiger partial charge in [0.1, 0.15) is 23.9 Å². The molecule has 0 radical (unpaired) electrons. The van der Waals surface area contributed by atoms with E-state index in [4.69, 9.17) is 16.9 Å². The van der Waals surface area contributed by atoms with Gasteiger partial charge in [0.2, 0.25) is 17.4 Å². The van der Waals surface area contributed by atoms with Crippen molar-refractivity contribution in [3.63, 3.8) is 0 Å². The minimum absolute atomic E-state index is 0.0175. The molecule has 2 heterocycles. The molecule has 0 saturated heterocycles. The van der Waals surface area contributed by atoms with Crippen LogP contribution in [0.25, 0.3) is 0 Å². The maximum atomic E-state index is 13.4. The summed E-state index contributed by atoms with van der Waals surface area (Å²) in [4.78, 5) is 15.6. The number of halogens is 3. The van der Waals surface area contributed by atoms with Gasteiger partial charge in [-0.15, -0.1) is 0 Å². The highest BCUT2D eigenvalue weighted by Gasteiger charge is 2.23. The Labute approximate surface area is 134 Å². The number of carbonyl (C=O) groups excluding carboxylic acids is 1.